The molecule has 2 rings (SSSR count). The van der Waals surface area contributed by atoms with E-state index in [0.717, 1.165) is 30.8 Å². The minimum atomic E-state index is -0.274. The fraction of sp³-hybridized carbons (Fsp3) is 0.333. The van der Waals surface area contributed by atoms with Crippen molar-refractivity contribution in [1.82, 2.24) is 5.43 Å². The van der Waals surface area contributed by atoms with Gasteiger partial charge in [-0.3, -0.25) is 4.79 Å². The summed E-state index contributed by atoms with van der Waals surface area (Å²) in [6.07, 6.45) is 4.37. The van der Waals surface area contributed by atoms with Crippen molar-refractivity contribution < 1.29 is 13.9 Å². The topological polar surface area (TPSA) is 63.8 Å². The molecule has 0 radical (unpaired) electrons. The lowest BCUT2D eigenvalue weighted by atomic mass is 10.2. The van der Waals surface area contributed by atoms with Crippen LogP contribution in [-0.2, 0) is 6.42 Å². The third-order valence-corrected chi connectivity index (χ3v) is 3.13. The number of aryl methyl sites for hydroxylation is 1. The Bertz CT molecular complexity index is 645. The van der Waals surface area contributed by atoms with Gasteiger partial charge in [0.25, 0.3) is 5.91 Å². The first-order valence-corrected chi connectivity index (χ1v) is 7.88. The van der Waals surface area contributed by atoms with Crippen LogP contribution in [0.4, 0.5) is 0 Å². The largest absolute Gasteiger partial charge is 0.494 e. The van der Waals surface area contributed by atoms with Gasteiger partial charge >= 0.3 is 0 Å². The number of hydrogen-bond acceptors (Lipinski definition) is 4. The van der Waals surface area contributed by atoms with Crippen molar-refractivity contribution in [3.05, 3.63) is 53.5 Å². The van der Waals surface area contributed by atoms with Crippen molar-refractivity contribution in [2.45, 2.75) is 33.1 Å². The molecule has 0 saturated carbocycles. The summed E-state index contributed by atoms with van der Waals surface area (Å²) < 4.78 is 11.0. The van der Waals surface area contributed by atoms with Gasteiger partial charge in [-0.25, -0.2) is 5.43 Å². The molecule has 1 N–H and O–H groups in total. The zero-order valence-electron chi connectivity index (χ0n) is 13.5. The average Bonchev–Trinajstić information content (AvgIpc) is 3.01. The predicted molar refractivity (Wildman–Crippen MR) is 90.0 cm³/mol. The molecular formula is C18H22N2O3. The first kappa shape index (κ1) is 16.8. The number of nitrogens with zero attached hydrogens (tertiary/aromatic N) is 1. The molecule has 0 aliphatic carbocycles. The summed E-state index contributed by atoms with van der Waals surface area (Å²) in [4.78, 5) is 12.0. The Morgan fingerprint density at radius 1 is 1.17 bits per heavy atom. The van der Waals surface area contributed by atoms with Crippen LogP contribution >= 0.6 is 0 Å². The zero-order chi connectivity index (χ0) is 16.5. The number of furan rings is 1. The maximum Gasteiger partial charge on any atom is 0.271 e. The Kier molecular flexibility index (Phi) is 6.41. The molecule has 0 aliphatic rings. The maximum atomic E-state index is 12.0. The van der Waals surface area contributed by atoms with E-state index in [0.29, 0.717) is 17.9 Å². The van der Waals surface area contributed by atoms with Crippen LogP contribution in [-0.4, -0.2) is 18.7 Å². The van der Waals surface area contributed by atoms with Gasteiger partial charge in [0.05, 0.1) is 12.8 Å². The van der Waals surface area contributed by atoms with Gasteiger partial charge < -0.3 is 9.15 Å². The highest BCUT2D eigenvalue weighted by atomic mass is 16.5. The lowest BCUT2D eigenvalue weighted by Crippen LogP contribution is -2.17. The molecule has 2 aromatic rings. The van der Waals surface area contributed by atoms with Crippen LogP contribution in [0.5, 0.6) is 5.75 Å². The molecule has 122 valence electrons. The Hall–Kier alpha value is -2.56. The SMILES string of the molecule is CCCOc1ccc(C(=O)N/N=C\c2ccc(CCC)o2)cc1. The molecule has 1 aromatic heterocycles. The van der Waals surface area contributed by atoms with Crippen LogP contribution in [0.2, 0.25) is 0 Å². The molecule has 0 spiro atoms. The standard InChI is InChI=1S/C18H22N2O3/c1-3-5-16-10-11-17(23-16)13-19-20-18(21)14-6-8-15(9-7-14)22-12-4-2/h6-11,13H,3-5,12H2,1-2H3,(H,20,21)/b19-13-. The van der Waals surface area contributed by atoms with E-state index in [9.17, 15) is 4.79 Å². The van der Waals surface area contributed by atoms with E-state index in [4.69, 9.17) is 9.15 Å². The second kappa shape index (κ2) is 8.78. The molecule has 0 fully saturated rings. The highest BCUT2D eigenvalue weighted by molar-refractivity contribution is 5.94. The van der Waals surface area contributed by atoms with E-state index in [2.05, 4.69) is 17.5 Å². The van der Waals surface area contributed by atoms with Crippen LogP contribution in [0.15, 0.2) is 45.9 Å². The number of carbonyl (C=O) groups excluding carboxylic acids is 1. The van der Waals surface area contributed by atoms with Gasteiger partial charge in [0.2, 0.25) is 0 Å². The first-order chi connectivity index (χ1) is 11.2. The number of amides is 1. The van der Waals surface area contributed by atoms with Gasteiger partial charge in [0.15, 0.2) is 0 Å². The van der Waals surface area contributed by atoms with Gasteiger partial charge in [0, 0.05) is 12.0 Å². The monoisotopic (exact) mass is 314 g/mol. The number of benzene rings is 1. The number of rotatable bonds is 8. The molecule has 5 nitrogen and oxygen atoms in total. The lowest BCUT2D eigenvalue weighted by molar-refractivity contribution is 0.0955. The Labute approximate surface area is 136 Å². The molecule has 1 aromatic carbocycles. The summed E-state index contributed by atoms with van der Waals surface area (Å²) in [6.45, 7) is 4.80. The van der Waals surface area contributed by atoms with Crippen LogP contribution in [0.25, 0.3) is 0 Å². The van der Waals surface area contributed by atoms with E-state index < -0.39 is 0 Å². The number of hydrogen-bond donors (Lipinski definition) is 1. The minimum Gasteiger partial charge on any atom is -0.494 e. The molecule has 5 heteroatoms. The lowest BCUT2D eigenvalue weighted by Gasteiger charge is -2.05. The molecule has 1 heterocycles. The van der Waals surface area contributed by atoms with E-state index in [1.165, 1.54) is 6.21 Å². The second-order valence-electron chi connectivity index (χ2n) is 5.13. The van der Waals surface area contributed by atoms with E-state index in [-0.39, 0.29) is 5.91 Å². The molecule has 0 saturated heterocycles. The van der Waals surface area contributed by atoms with Gasteiger partial charge in [-0.15, -0.1) is 0 Å². The van der Waals surface area contributed by atoms with E-state index in [1.54, 1.807) is 24.3 Å². The molecule has 0 aliphatic heterocycles. The Morgan fingerprint density at radius 2 is 1.96 bits per heavy atom. The van der Waals surface area contributed by atoms with Crippen molar-refractivity contribution in [3.8, 4) is 5.75 Å². The Morgan fingerprint density at radius 3 is 2.65 bits per heavy atom. The van der Waals surface area contributed by atoms with Gasteiger partial charge in [-0.05, 0) is 49.2 Å². The summed E-state index contributed by atoms with van der Waals surface area (Å²) in [5.74, 6) is 2.02. The quantitative estimate of drug-likeness (QED) is 0.595. The predicted octanol–water partition coefficient (Wildman–Crippen LogP) is 3.78. The summed E-state index contributed by atoms with van der Waals surface area (Å²) in [5, 5.41) is 3.91. The first-order valence-electron chi connectivity index (χ1n) is 7.88. The smallest absolute Gasteiger partial charge is 0.271 e. The average molecular weight is 314 g/mol. The summed E-state index contributed by atoms with van der Waals surface area (Å²) in [6, 6.07) is 10.7. The zero-order valence-corrected chi connectivity index (χ0v) is 13.5. The fourth-order valence-corrected chi connectivity index (χ4v) is 1.99. The molecule has 23 heavy (non-hydrogen) atoms. The summed E-state index contributed by atoms with van der Waals surface area (Å²) in [5.41, 5.74) is 3.01. The van der Waals surface area contributed by atoms with Crippen LogP contribution < -0.4 is 10.2 Å². The van der Waals surface area contributed by atoms with Crippen molar-refractivity contribution in [2.75, 3.05) is 6.61 Å². The van der Waals surface area contributed by atoms with Crippen LogP contribution in [0, 0.1) is 0 Å². The van der Waals surface area contributed by atoms with Crippen LogP contribution in [0.1, 0.15) is 48.6 Å². The number of nitrogens with one attached hydrogen (secondary N) is 1. The minimum absolute atomic E-state index is 0.274. The number of hydrazone groups is 1. The second-order valence-corrected chi connectivity index (χ2v) is 5.13. The van der Waals surface area contributed by atoms with Crippen molar-refractivity contribution in [3.63, 3.8) is 0 Å². The van der Waals surface area contributed by atoms with Crippen molar-refractivity contribution >= 4 is 12.1 Å². The number of carbonyl (C=O) groups is 1. The van der Waals surface area contributed by atoms with E-state index in [1.807, 2.05) is 19.1 Å². The van der Waals surface area contributed by atoms with Gasteiger partial charge in [0.1, 0.15) is 17.3 Å². The van der Waals surface area contributed by atoms with E-state index >= 15 is 0 Å². The van der Waals surface area contributed by atoms with Crippen molar-refractivity contribution in [2.24, 2.45) is 5.10 Å². The van der Waals surface area contributed by atoms with Crippen LogP contribution in [0.3, 0.4) is 0 Å². The Balaban J connectivity index is 1.87. The van der Waals surface area contributed by atoms with Gasteiger partial charge in [-0.2, -0.15) is 5.10 Å². The summed E-state index contributed by atoms with van der Waals surface area (Å²) >= 11 is 0. The molecule has 1 amide bonds. The van der Waals surface area contributed by atoms with Crippen molar-refractivity contribution in [1.29, 1.82) is 0 Å². The number of ether oxygens (including phenoxy) is 1. The highest BCUT2D eigenvalue weighted by Gasteiger charge is 2.04. The third kappa shape index (κ3) is 5.29. The molecule has 0 bridgehead atoms. The van der Waals surface area contributed by atoms with Gasteiger partial charge in [-0.1, -0.05) is 13.8 Å². The molecular weight excluding hydrogens is 292 g/mol. The third-order valence-electron chi connectivity index (χ3n) is 3.13. The maximum absolute atomic E-state index is 12.0. The molecule has 0 unspecified atom stereocenters. The highest BCUT2D eigenvalue weighted by Crippen LogP contribution is 2.12. The molecule has 0 atom stereocenters. The summed E-state index contributed by atoms with van der Waals surface area (Å²) in [7, 11) is 0. The normalized spacial score (nSPS) is 10.9. The fourth-order valence-electron chi connectivity index (χ4n) is 1.99.